The van der Waals surface area contributed by atoms with E-state index in [2.05, 4.69) is 20.6 Å². The van der Waals surface area contributed by atoms with Gasteiger partial charge in [-0.2, -0.15) is 4.98 Å². The van der Waals surface area contributed by atoms with Gasteiger partial charge in [0.25, 0.3) is 0 Å². The summed E-state index contributed by atoms with van der Waals surface area (Å²) < 4.78 is 10.6. The van der Waals surface area contributed by atoms with Crippen molar-refractivity contribution in [2.24, 2.45) is 0 Å². The van der Waals surface area contributed by atoms with Crippen LogP contribution < -0.4 is 20.1 Å². The maximum absolute atomic E-state index is 5.40. The van der Waals surface area contributed by atoms with Gasteiger partial charge in [-0.15, -0.1) is 0 Å². The van der Waals surface area contributed by atoms with Crippen molar-refractivity contribution in [2.45, 2.75) is 6.92 Å². The van der Waals surface area contributed by atoms with Crippen molar-refractivity contribution >= 4 is 23.1 Å². The van der Waals surface area contributed by atoms with E-state index in [0.717, 1.165) is 22.8 Å². The molecule has 6 nitrogen and oxygen atoms in total. The molecule has 25 heavy (non-hydrogen) atoms. The molecule has 0 fully saturated rings. The number of hydrogen-bond donors (Lipinski definition) is 2. The minimum absolute atomic E-state index is 0.488. The van der Waals surface area contributed by atoms with Crippen molar-refractivity contribution in [3.8, 4) is 11.5 Å². The molecule has 0 atom stereocenters. The lowest BCUT2D eigenvalue weighted by Crippen LogP contribution is -2.03. The highest BCUT2D eigenvalue weighted by Crippen LogP contribution is 2.31. The maximum atomic E-state index is 5.40. The summed E-state index contributed by atoms with van der Waals surface area (Å²) in [5.74, 6) is 2.58. The third-order valence-corrected chi connectivity index (χ3v) is 3.56. The summed E-state index contributed by atoms with van der Waals surface area (Å²) in [7, 11) is 3.23. The second-order valence-electron chi connectivity index (χ2n) is 5.40. The van der Waals surface area contributed by atoms with E-state index < -0.39 is 0 Å². The average molecular weight is 336 g/mol. The number of ether oxygens (including phenoxy) is 2. The highest BCUT2D eigenvalue weighted by molar-refractivity contribution is 5.66. The number of methoxy groups -OCH3 is 2. The molecule has 2 aromatic carbocycles. The van der Waals surface area contributed by atoms with Gasteiger partial charge in [0.15, 0.2) is 0 Å². The van der Waals surface area contributed by atoms with Crippen molar-refractivity contribution in [3.05, 3.63) is 60.3 Å². The molecule has 0 saturated carbocycles. The van der Waals surface area contributed by atoms with E-state index in [9.17, 15) is 0 Å². The van der Waals surface area contributed by atoms with Gasteiger partial charge in [0.05, 0.1) is 19.9 Å². The van der Waals surface area contributed by atoms with Gasteiger partial charge >= 0.3 is 0 Å². The topological polar surface area (TPSA) is 68.3 Å². The number of para-hydroxylation sites is 1. The SMILES string of the molecule is COc1ccc(Nc2nc(C)cc(Nc3ccccc3)n2)c(OC)c1. The first-order chi connectivity index (χ1) is 12.2. The molecule has 0 radical (unpaired) electrons. The fraction of sp³-hybridized carbons (Fsp3) is 0.158. The fourth-order valence-corrected chi connectivity index (χ4v) is 2.38. The van der Waals surface area contributed by atoms with Crippen LogP contribution in [0, 0.1) is 6.92 Å². The summed E-state index contributed by atoms with van der Waals surface area (Å²) in [5, 5.41) is 6.47. The zero-order valence-corrected chi connectivity index (χ0v) is 14.4. The summed E-state index contributed by atoms with van der Waals surface area (Å²) in [5.41, 5.74) is 2.58. The van der Waals surface area contributed by atoms with Gasteiger partial charge in [-0.3, -0.25) is 0 Å². The van der Waals surface area contributed by atoms with Crippen molar-refractivity contribution in [1.82, 2.24) is 9.97 Å². The van der Waals surface area contributed by atoms with Crippen molar-refractivity contribution < 1.29 is 9.47 Å². The molecule has 0 aliphatic rings. The van der Waals surface area contributed by atoms with Crippen molar-refractivity contribution in [2.75, 3.05) is 24.9 Å². The molecule has 0 bridgehead atoms. The minimum atomic E-state index is 0.488. The lowest BCUT2D eigenvalue weighted by Gasteiger charge is -2.13. The van der Waals surface area contributed by atoms with E-state index in [1.54, 1.807) is 20.3 Å². The van der Waals surface area contributed by atoms with E-state index in [4.69, 9.17) is 9.47 Å². The Morgan fingerprint density at radius 2 is 1.64 bits per heavy atom. The van der Waals surface area contributed by atoms with Crippen LogP contribution in [0.4, 0.5) is 23.1 Å². The first kappa shape index (κ1) is 16.6. The number of aryl methyl sites for hydroxylation is 1. The monoisotopic (exact) mass is 336 g/mol. The number of anilines is 4. The van der Waals surface area contributed by atoms with E-state index >= 15 is 0 Å². The smallest absolute Gasteiger partial charge is 0.229 e. The van der Waals surface area contributed by atoms with Crippen LogP contribution in [-0.2, 0) is 0 Å². The number of nitrogens with one attached hydrogen (secondary N) is 2. The predicted octanol–water partition coefficient (Wildman–Crippen LogP) is 4.29. The van der Waals surface area contributed by atoms with Crippen LogP contribution in [0.3, 0.4) is 0 Å². The molecule has 1 aromatic heterocycles. The number of nitrogens with zero attached hydrogens (tertiary/aromatic N) is 2. The normalized spacial score (nSPS) is 10.2. The number of hydrogen-bond acceptors (Lipinski definition) is 6. The van der Waals surface area contributed by atoms with Crippen molar-refractivity contribution in [1.29, 1.82) is 0 Å². The van der Waals surface area contributed by atoms with Gasteiger partial charge in [0, 0.05) is 23.5 Å². The molecule has 0 saturated heterocycles. The summed E-state index contributed by atoms with van der Waals surface area (Å²) >= 11 is 0. The maximum Gasteiger partial charge on any atom is 0.229 e. The Balaban J connectivity index is 1.86. The summed E-state index contributed by atoms with van der Waals surface area (Å²) in [4.78, 5) is 8.96. The standard InChI is InChI=1S/C19H20N4O2/c1-13-11-18(21-14-7-5-4-6-8-14)23-19(20-13)22-16-10-9-15(24-2)12-17(16)25-3/h4-12H,1-3H3,(H2,20,21,22,23). The van der Waals surface area contributed by atoms with Crippen LogP contribution in [-0.4, -0.2) is 24.2 Å². The molecule has 6 heteroatoms. The Morgan fingerprint density at radius 3 is 2.36 bits per heavy atom. The highest BCUT2D eigenvalue weighted by atomic mass is 16.5. The Hall–Kier alpha value is -3.28. The zero-order chi connectivity index (χ0) is 17.6. The Bertz CT molecular complexity index is 853. The third-order valence-electron chi connectivity index (χ3n) is 3.56. The number of benzene rings is 2. The lowest BCUT2D eigenvalue weighted by molar-refractivity contribution is 0.395. The molecule has 128 valence electrons. The summed E-state index contributed by atoms with van der Waals surface area (Å²) in [6, 6.07) is 17.3. The third kappa shape index (κ3) is 4.17. The minimum Gasteiger partial charge on any atom is -0.497 e. The van der Waals surface area contributed by atoms with Gasteiger partial charge < -0.3 is 20.1 Å². The summed E-state index contributed by atoms with van der Waals surface area (Å²) in [6.07, 6.45) is 0. The molecule has 0 spiro atoms. The van der Waals surface area contributed by atoms with E-state index in [0.29, 0.717) is 17.5 Å². The second-order valence-corrected chi connectivity index (χ2v) is 5.40. The molecule has 0 unspecified atom stereocenters. The molecular weight excluding hydrogens is 316 g/mol. The van der Waals surface area contributed by atoms with Crippen LogP contribution in [0.1, 0.15) is 5.69 Å². The molecule has 0 aliphatic heterocycles. The van der Waals surface area contributed by atoms with Crippen LogP contribution in [0.2, 0.25) is 0 Å². The number of aromatic nitrogens is 2. The Labute approximate surface area is 146 Å². The van der Waals surface area contributed by atoms with E-state index in [1.807, 2.05) is 55.5 Å². The molecule has 0 amide bonds. The van der Waals surface area contributed by atoms with Crippen LogP contribution in [0.15, 0.2) is 54.6 Å². The predicted molar refractivity (Wildman–Crippen MR) is 99.3 cm³/mol. The first-order valence-electron chi connectivity index (χ1n) is 7.85. The Kier molecular flexibility index (Phi) is 4.99. The Morgan fingerprint density at radius 1 is 0.840 bits per heavy atom. The van der Waals surface area contributed by atoms with Gasteiger partial charge in [0.1, 0.15) is 17.3 Å². The molecule has 3 rings (SSSR count). The fourth-order valence-electron chi connectivity index (χ4n) is 2.38. The second kappa shape index (κ2) is 7.53. The number of rotatable bonds is 6. The van der Waals surface area contributed by atoms with Gasteiger partial charge in [-0.1, -0.05) is 18.2 Å². The summed E-state index contributed by atoms with van der Waals surface area (Å²) in [6.45, 7) is 1.92. The van der Waals surface area contributed by atoms with Crippen molar-refractivity contribution in [3.63, 3.8) is 0 Å². The molecule has 2 N–H and O–H groups in total. The lowest BCUT2D eigenvalue weighted by atomic mass is 10.2. The van der Waals surface area contributed by atoms with Crippen LogP contribution >= 0.6 is 0 Å². The van der Waals surface area contributed by atoms with E-state index in [1.165, 1.54) is 0 Å². The quantitative estimate of drug-likeness (QED) is 0.700. The molecule has 1 heterocycles. The van der Waals surface area contributed by atoms with Gasteiger partial charge in [0.2, 0.25) is 5.95 Å². The van der Waals surface area contributed by atoms with Crippen LogP contribution in [0.5, 0.6) is 11.5 Å². The molecular formula is C19H20N4O2. The first-order valence-corrected chi connectivity index (χ1v) is 7.85. The average Bonchev–Trinajstić information content (AvgIpc) is 2.62. The molecule has 0 aliphatic carbocycles. The van der Waals surface area contributed by atoms with E-state index in [-0.39, 0.29) is 0 Å². The van der Waals surface area contributed by atoms with Crippen LogP contribution in [0.25, 0.3) is 0 Å². The largest absolute Gasteiger partial charge is 0.497 e. The molecule has 3 aromatic rings. The highest BCUT2D eigenvalue weighted by Gasteiger charge is 2.08. The van der Waals surface area contributed by atoms with Gasteiger partial charge in [-0.05, 0) is 31.2 Å². The van der Waals surface area contributed by atoms with Gasteiger partial charge in [-0.25, -0.2) is 4.98 Å². The zero-order valence-electron chi connectivity index (χ0n) is 14.4.